The van der Waals surface area contributed by atoms with Crippen molar-refractivity contribution in [2.24, 2.45) is 0 Å². The maximum absolute atomic E-state index is 14.9. The fourth-order valence-corrected chi connectivity index (χ4v) is 3.45. The summed E-state index contributed by atoms with van der Waals surface area (Å²) in [6.07, 6.45) is 1.03. The van der Waals surface area contributed by atoms with Crippen LogP contribution in [0.1, 0.15) is 10.4 Å². The van der Waals surface area contributed by atoms with Crippen LogP contribution >= 0.6 is 0 Å². The number of aromatic nitrogens is 2. The smallest absolute Gasteiger partial charge is 0.341 e. The van der Waals surface area contributed by atoms with Gasteiger partial charge < -0.3 is 24.6 Å². The number of phenols is 1. The third kappa shape index (κ3) is 3.35. The van der Waals surface area contributed by atoms with Crippen LogP contribution in [0.15, 0.2) is 35.3 Å². The molecule has 156 valence electrons. The summed E-state index contributed by atoms with van der Waals surface area (Å²) in [6, 6.07) is 4.39. The molecular weight excluding hydrogens is 398 g/mol. The fraction of sp³-hybridized carbons (Fsp3) is 0.250. The Balaban J connectivity index is 1.99. The van der Waals surface area contributed by atoms with Crippen LogP contribution in [0.25, 0.3) is 16.7 Å². The number of benzene rings is 1. The molecule has 4 rings (SSSR count). The summed E-state index contributed by atoms with van der Waals surface area (Å²) < 4.78 is 30.0. The molecule has 1 fully saturated rings. The van der Waals surface area contributed by atoms with Gasteiger partial charge in [-0.3, -0.25) is 4.79 Å². The molecule has 1 saturated heterocycles. The molecule has 1 aromatic carbocycles. The molecule has 1 aliphatic heterocycles. The van der Waals surface area contributed by atoms with Gasteiger partial charge in [-0.25, -0.2) is 18.6 Å². The number of fused-ring (bicyclic) bond motifs is 1. The van der Waals surface area contributed by atoms with Gasteiger partial charge in [-0.2, -0.15) is 0 Å². The van der Waals surface area contributed by atoms with Crippen molar-refractivity contribution < 1.29 is 23.8 Å². The van der Waals surface area contributed by atoms with Crippen LogP contribution in [0.3, 0.4) is 0 Å². The molecule has 30 heavy (non-hydrogen) atoms. The van der Waals surface area contributed by atoms with Crippen molar-refractivity contribution in [1.82, 2.24) is 14.5 Å². The number of piperazine rings is 1. The van der Waals surface area contributed by atoms with E-state index >= 15 is 0 Å². The average Bonchev–Trinajstić information content (AvgIpc) is 2.71. The van der Waals surface area contributed by atoms with Gasteiger partial charge in [0.25, 0.3) is 0 Å². The average molecular weight is 416 g/mol. The monoisotopic (exact) mass is 416 g/mol. The Labute approximate surface area is 169 Å². The van der Waals surface area contributed by atoms with Crippen molar-refractivity contribution in [3.63, 3.8) is 0 Å². The second-order valence-corrected chi connectivity index (χ2v) is 7.14. The maximum atomic E-state index is 14.9. The van der Waals surface area contributed by atoms with E-state index in [9.17, 15) is 28.6 Å². The zero-order valence-electron chi connectivity index (χ0n) is 16.0. The predicted molar refractivity (Wildman–Crippen MR) is 106 cm³/mol. The Kier molecular flexibility index (Phi) is 4.86. The normalized spacial score (nSPS) is 15.0. The molecular formula is C20H18F2N4O4. The van der Waals surface area contributed by atoms with Crippen LogP contribution < -0.4 is 10.3 Å². The van der Waals surface area contributed by atoms with Gasteiger partial charge in [-0.05, 0) is 25.2 Å². The van der Waals surface area contributed by atoms with Gasteiger partial charge in [-0.1, -0.05) is 0 Å². The van der Waals surface area contributed by atoms with Crippen LogP contribution in [0.4, 0.5) is 14.6 Å². The van der Waals surface area contributed by atoms with Crippen molar-refractivity contribution in [3.05, 3.63) is 57.9 Å². The molecule has 2 aromatic heterocycles. The van der Waals surface area contributed by atoms with Crippen LogP contribution in [0, 0.1) is 11.6 Å². The number of likely N-dealkylation sites (N-methyl/N-ethyl adjacent to an activating group) is 1. The molecule has 3 heterocycles. The number of carboxylic acid groups (broad SMARTS) is 1. The molecule has 8 nitrogen and oxygen atoms in total. The van der Waals surface area contributed by atoms with Gasteiger partial charge in [0.2, 0.25) is 5.43 Å². The highest BCUT2D eigenvalue weighted by Crippen LogP contribution is 2.26. The molecule has 0 saturated carbocycles. The maximum Gasteiger partial charge on any atom is 0.341 e. The molecule has 0 bridgehead atoms. The van der Waals surface area contributed by atoms with E-state index in [4.69, 9.17) is 0 Å². The number of anilines is 1. The van der Waals surface area contributed by atoms with Gasteiger partial charge in [0.1, 0.15) is 5.56 Å². The predicted octanol–water partition coefficient (Wildman–Crippen LogP) is 1.82. The van der Waals surface area contributed by atoms with E-state index in [0.29, 0.717) is 26.2 Å². The minimum atomic E-state index is -1.50. The van der Waals surface area contributed by atoms with Crippen LogP contribution in [-0.4, -0.2) is 63.9 Å². The van der Waals surface area contributed by atoms with Crippen LogP contribution in [-0.2, 0) is 0 Å². The van der Waals surface area contributed by atoms with Gasteiger partial charge in [0, 0.05) is 38.4 Å². The SMILES string of the molecule is CN1CCN(c2nc3c(cc2F)c(=O)c(C(=O)O)cn3-c2ccc(O)c(F)c2)CC1. The summed E-state index contributed by atoms with van der Waals surface area (Å²) in [4.78, 5) is 32.3. The molecule has 1 aliphatic rings. The number of hydrogen-bond acceptors (Lipinski definition) is 6. The van der Waals surface area contributed by atoms with E-state index < -0.39 is 34.3 Å². The van der Waals surface area contributed by atoms with Gasteiger partial charge in [-0.15, -0.1) is 0 Å². The summed E-state index contributed by atoms with van der Waals surface area (Å²) in [5.74, 6) is -3.73. The lowest BCUT2D eigenvalue weighted by Gasteiger charge is -2.33. The lowest BCUT2D eigenvalue weighted by molar-refractivity contribution is 0.0695. The molecule has 0 unspecified atom stereocenters. The lowest BCUT2D eigenvalue weighted by atomic mass is 10.1. The van der Waals surface area contributed by atoms with E-state index in [1.807, 2.05) is 7.05 Å². The van der Waals surface area contributed by atoms with Crippen molar-refractivity contribution in [2.75, 3.05) is 38.1 Å². The molecule has 2 N–H and O–H groups in total. The Morgan fingerprint density at radius 3 is 2.43 bits per heavy atom. The minimum Gasteiger partial charge on any atom is -0.505 e. The molecule has 0 amide bonds. The highest BCUT2D eigenvalue weighted by molar-refractivity contribution is 5.92. The number of phenolic OH excluding ortho intramolecular Hbond substituents is 1. The number of hydrogen-bond donors (Lipinski definition) is 2. The summed E-state index contributed by atoms with van der Waals surface area (Å²) in [6.45, 7) is 2.45. The zero-order chi connectivity index (χ0) is 21.6. The Morgan fingerprint density at radius 1 is 1.10 bits per heavy atom. The minimum absolute atomic E-state index is 0.00887. The second kappa shape index (κ2) is 7.38. The summed E-state index contributed by atoms with van der Waals surface area (Å²) in [5, 5.41) is 18.6. The van der Waals surface area contributed by atoms with Gasteiger partial charge >= 0.3 is 5.97 Å². The summed E-state index contributed by atoms with van der Waals surface area (Å²) in [7, 11) is 1.95. The molecule has 0 spiro atoms. The highest BCUT2D eigenvalue weighted by atomic mass is 19.1. The first-order valence-corrected chi connectivity index (χ1v) is 9.18. The first-order chi connectivity index (χ1) is 14.3. The first-order valence-electron chi connectivity index (χ1n) is 9.18. The van der Waals surface area contributed by atoms with E-state index in [2.05, 4.69) is 9.88 Å². The number of halogens is 2. The Bertz CT molecular complexity index is 1220. The molecule has 0 atom stereocenters. The third-order valence-electron chi connectivity index (χ3n) is 5.16. The largest absolute Gasteiger partial charge is 0.505 e. The van der Waals surface area contributed by atoms with Crippen LogP contribution in [0.2, 0.25) is 0 Å². The number of pyridine rings is 2. The third-order valence-corrected chi connectivity index (χ3v) is 5.16. The Morgan fingerprint density at radius 2 is 1.80 bits per heavy atom. The van der Waals surface area contributed by atoms with Crippen molar-refractivity contribution in [1.29, 1.82) is 0 Å². The summed E-state index contributed by atoms with van der Waals surface area (Å²) in [5.41, 5.74) is -1.37. The Hall–Kier alpha value is -3.53. The van der Waals surface area contributed by atoms with Crippen molar-refractivity contribution in [3.8, 4) is 11.4 Å². The molecule has 10 heteroatoms. The van der Waals surface area contributed by atoms with E-state index in [-0.39, 0.29) is 22.5 Å². The number of carboxylic acids is 1. The molecule has 3 aromatic rings. The quantitative estimate of drug-likeness (QED) is 0.672. The van der Waals surface area contributed by atoms with E-state index in [1.54, 1.807) is 4.90 Å². The number of carbonyl (C=O) groups is 1. The van der Waals surface area contributed by atoms with E-state index in [0.717, 1.165) is 24.4 Å². The standard InChI is InChI=1S/C20H18F2N4O4/c1-24-4-6-25(7-5-24)19-15(22)9-12-17(28)13(20(29)30)10-26(18(12)23-19)11-2-3-16(27)14(21)8-11/h2-3,8-10,27H,4-7H2,1H3,(H,29,30). The number of nitrogens with zero attached hydrogens (tertiary/aromatic N) is 4. The number of rotatable bonds is 3. The highest BCUT2D eigenvalue weighted by Gasteiger charge is 2.23. The molecule has 0 radical (unpaired) electrons. The van der Waals surface area contributed by atoms with Crippen molar-refractivity contribution >= 4 is 22.8 Å². The van der Waals surface area contributed by atoms with E-state index in [1.165, 1.54) is 10.6 Å². The van der Waals surface area contributed by atoms with Gasteiger partial charge in [0.05, 0.1) is 11.1 Å². The number of aromatic hydroxyl groups is 1. The topological polar surface area (TPSA) is 98.9 Å². The number of aromatic carboxylic acids is 1. The summed E-state index contributed by atoms with van der Waals surface area (Å²) >= 11 is 0. The fourth-order valence-electron chi connectivity index (χ4n) is 3.45. The second-order valence-electron chi connectivity index (χ2n) is 7.14. The molecule has 0 aliphatic carbocycles. The zero-order valence-corrected chi connectivity index (χ0v) is 16.0. The van der Waals surface area contributed by atoms with Crippen LogP contribution in [0.5, 0.6) is 5.75 Å². The van der Waals surface area contributed by atoms with Gasteiger partial charge in [0.15, 0.2) is 28.8 Å². The van der Waals surface area contributed by atoms with Crippen molar-refractivity contribution in [2.45, 2.75) is 0 Å². The lowest BCUT2D eigenvalue weighted by Crippen LogP contribution is -2.45. The first kappa shape index (κ1) is 19.8.